The number of carbonyl (C=O) groups excluding carboxylic acids is 2. The molecule has 1 aliphatic rings. The van der Waals surface area contributed by atoms with E-state index in [0.29, 0.717) is 12.0 Å². The van der Waals surface area contributed by atoms with Crippen molar-refractivity contribution in [2.45, 2.75) is 58.7 Å². The van der Waals surface area contributed by atoms with Crippen LogP contribution in [0.15, 0.2) is 33.0 Å². The van der Waals surface area contributed by atoms with Gasteiger partial charge >= 0.3 is 12.1 Å². The smallest absolute Gasteiger partial charge is 0.410 e. The lowest BCUT2D eigenvalue weighted by molar-refractivity contribution is -0.169. The fourth-order valence-corrected chi connectivity index (χ4v) is 4.51. The van der Waals surface area contributed by atoms with Gasteiger partial charge in [-0.15, -0.1) is 4.91 Å². The lowest BCUT2D eigenvalue weighted by atomic mass is 9.81. The molecule has 1 saturated heterocycles. The van der Waals surface area contributed by atoms with Gasteiger partial charge < -0.3 is 19.1 Å². The second-order valence-electron chi connectivity index (χ2n) is 9.39. The molecule has 0 aliphatic carbocycles. The maximum Gasteiger partial charge on any atom is 0.410 e. The zero-order chi connectivity index (χ0) is 27.4. The number of hydrogen-bond donors (Lipinski definition) is 0. The van der Waals surface area contributed by atoms with E-state index in [0.717, 1.165) is 7.11 Å². The first-order chi connectivity index (χ1) is 16.7. The zero-order valence-electron chi connectivity index (χ0n) is 21.3. The van der Waals surface area contributed by atoms with Crippen LogP contribution in [-0.4, -0.2) is 55.0 Å². The first-order valence-electron chi connectivity index (χ1n) is 11.3. The van der Waals surface area contributed by atoms with Crippen LogP contribution in [-0.2, 0) is 25.4 Å². The van der Waals surface area contributed by atoms with Crippen molar-refractivity contribution in [1.82, 2.24) is 4.90 Å². The van der Waals surface area contributed by atoms with Gasteiger partial charge in [-0.3, -0.25) is 0 Å². The van der Waals surface area contributed by atoms with Gasteiger partial charge in [-0.05, 0) is 78.0 Å². The Hall–Kier alpha value is -2.30. The fraction of sp³-hybridized carbons (Fsp3) is 0.520. The molecule has 0 radical (unpaired) electrons. The SMILES string of the molecule is C=C(Cl)/C(N=O)=C(\c1cc(C)c(Br)c(F)c1CCC)C1(C(=O)OC)CN(C(=O)OC(C)(C)C)CCO1. The van der Waals surface area contributed by atoms with Crippen molar-refractivity contribution in [3.63, 3.8) is 0 Å². The van der Waals surface area contributed by atoms with E-state index in [9.17, 15) is 14.5 Å². The van der Waals surface area contributed by atoms with Crippen molar-refractivity contribution in [2.24, 2.45) is 5.18 Å². The van der Waals surface area contributed by atoms with Gasteiger partial charge in [0.2, 0.25) is 5.60 Å². The number of methoxy groups -OCH3 is 1. The average molecular weight is 590 g/mol. The molecule has 36 heavy (non-hydrogen) atoms. The Morgan fingerprint density at radius 1 is 1.39 bits per heavy atom. The molecule has 1 aromatic carbocycles. The number of nitroso groups, excluding NO2 is 1. The molecule has 1 aromatic rings. The molecule has 0 spiro atoms. The van der Waals surface area contributed by atoms with Crippen LogP contribution in [0.3, 0.4) is 0 Å². The summed E-state index contributed by atoms with van der Waals surface area (Å²) in [5, 5.41) is 2.77. The Morgan fingerprint density at radius 3 is 2.53 bits per heavy atom. The lowest BCUT2D eigenvalue weighted by Gasteiger charge is -2.42. The van der Waals surface area contributed by atoms with E-state index >= 15 is 4.39 Å². The first kappa shape index (κ1) is 29.9. The number of benzene rings is 1. The molecule has 1 fully saturated rings. The Labute approximate surface area is 223 Å². The van der Waals surface area contributed by atoms with E-state index in [1.807, 2.05) is 6.92 Å². The monoisotopic (exact) mass is 588 g/mol. The van der Waals surface area contributed by atoms with Crippen LogP contribution in [0.2, 0.25) is 0 Å². The van der Waals surface area contributed by atoms with Gasteiger partial charge in [0.05, 0.1) is 29.8 Å². The molecule has 0 bridgehead atoms. The summed E-state index contributed by atoms with van der Waals surface area (Å²) >= 11 is 9.44. The largest absolute Gasteiger partial charge is 0.467 e. The summed E-state index contributed by atoms with van der Waals surface area (Å²) in [5.74, 6) is -1.48. The zero-order valence-corrected chi connectivity index (χ0v) is 23.6. The molecule has 1 atom stereocenters. The number of halogens is 3. The van der Waals surface area contributed by atoms with Crippen LogP contribution < -0.4 is 0 Å². The number of carbonyl (C=O) groups is 2. The molecule has 8 nitrogen and oxygen atoms in total. The van der Waals surface area contributed by atoms with Crippen LogP contribution in [0.25, 0.3) is 5.57 Å². The third-order valence-electron chi connectivity index (χ3n) is 5.54. The van der Waals surface area contributed by atoms with Gasteiger partial charge in [0, 0.05) is 12.1 Å². The number of rotatable bonds is 7. The number of esters is 1. The molecule has 0 saturated carbocycles. The van der Waals surface area contributed by atoms with E-state index in [4.69, 9.17) is 25.8 Å². The number of hydrogen-bond acceptors (Lipinski definition) is 7. The molecule has 0 N–H and O–H groups in total. The van der Waals surface area contributed by atoms with Crippen LogP contribution in [0.4, 0.5) is 9.18 Å². The van der Waals surface area contributed by atoms with Crippen molar-refractivity contribution in [3.05, 3.63) is 55.3 Å². The Bertz CT molecular complexity index is 1100. The van der Waals surface area contributed by atoms with Gasteiger partial charge in [0.1, 0.15) is 17.1 Å². The van der Waals surface area contributed by atoms with Gasteiger partial charge in [0.15, 0.2) is 0 Å². The van der Waals surface area contributed by atoms with Gasteiger partial charge in [-0.25, -0.2) is 14.0 Å². The fourth-order valence-electron chi connectivity index (χ4n) is 4.02. The summed E-state index contributed by atoms with van der Waals surface area (Å²) in [7, 11) is 1.14. The minimum Gasteiger partial charge on any atom is -0.467 e. The number of amides is 1. The molecular weight excluding hydrogens is 559 g/mol. The highest BCUT2D eigenvalue weighted by atomic mass is 79.9. The molecule has 1 heterocycles. The third-order valence-corrected chi connectivity index (χ3v) is 6.69. The van der Waals surface area contributed by atoms with E-state index in [1.54, 1.807) is 33.8 Å². The van der Waals surface area contributed by atoms with Crippen molar-refractivity contribution >= 4 is 45.2 Å². The molecule has 198 valence electrons. The number of ether oxygens (including phenoxy) is 3. The number of allylic oxidation sites excluding steroid dienone is 1. The standard InChI is InChI=1S/C25H31BrClFN2O6/c1-8-9-16-17(12-14(2)19(26)20(16)28)18(21(29-33)15(3)27)25(22(31)34-7)13-30(10-11-35-25)23(32)36-24(4,5)6/h12H,3,8-11,13H2,1-2,4-7H3/b21-18-. The van der Waals surface area contributed by atoms with Crippen molar-refractivity contribution in [1.29, 1.82) is 0 Å². The molecule has 1 aliphatic heterocycles. The molecule has 11 heteroatoms. The summed E-state index contributed by atoms with van der Waals surface area (Å²) in [6.07, 6.45) is 0.113. The molecule has 1 amide bonds. The summed E-state index contributed by atoms with van der Waals surface area (Å²) in [6.45, 7) is 11.9. The predicted octanol–water partition coefficient (Wildman–Crippen LogP) is 6.26. The van der Waals surface area contributed by atoms with Crippen LogP contribution in [0, 0.1) is 17.6 Å². The van der Waals surface area contributed by atoms with Gasteiger partial charge in [0.25, 0.3) is 0 Å². The maximum atomic E-state index is 15.5. The molecule has 0 aromatic heterocycles. The minimum atomic E-state index is -2.07. The summed E-state index contributed by atoms with van der Waals surface area (Å²) in [5.41, 5.74) is -2.53. The number of nitrogens with zero attached hydrogens (tertiary/aromatic N) is 2. The van der Waals surface area contributed by atoms with Crippen LogP contribution in [0.5, 0.6) is 0 Å². The van der Waals surface area contributed by atoms with E-state index in [-0.39, 0.29) is 45.8 Å². The second-order valence-corrected chi connectivity index (χ2v) is 10.6. The van der Waals surface area contributed by atoms with E-state index in [1.165, 1.54) is 4.90 Å². The minimum absolute atomic E-state index is 0.0994. The molecule has 2 rings (SSSR count). The third kappa shape index (κ3) is 6.15. The first-order valence-corrected chi connectivity index (χ1v) is 12.5. The van der Waals surface area contributed by atoms with Crippen LogP contribution >= 0.6 is 27.5 Å². The number of aryl methyl sites for hydroxylation is 1. The van der Waals surface area contributed by atoms with E-state index in [2.05, 4.69) is 27.7 Å². The summed E-state index contributed by atoms with van der Waals surface area (Å²) in [4.78, 5) is 39.7. The molecular formula is C25H31BrClFN2O6. The van der Waals surface area contributed by atoms with Gasteiger partial charge in [-0.2, -0.15) is 0 Å². The van der Waals surface area contributed by atoms with Crippen LogP contribution in [0.1, 0.15) is 50.8 Å². The second kappa shape index (κ2) is 11.8. The highest BCUT2D eigenvalue weighted by Gasteiger charge is 2.52. The number of morpholine rings is 1. The van der Waals surface area contributed by atoms with Gasteiger partial charge in [-0.1, -0.05) is 31.5 Å². The molecule has 1 unspecified atom stereocenters. The summed E-state index contributed by atoms with van der Waals surface area (Å²) < 4.78 is 32.4. The van der Waals surface area contributed by atoms with Crippen molar-refractivity contribution in [2.75, 3.05) is 26.8 Å². The normalized spacial score (nSPS) is 18.9. The topological polar surface area (TPSA) is 94.5 Å². The predicted molar refractivity (Wildman–Crippen MR) is 139 cm³/mol. The Balaban J connectivity index is 2.94. The average Bonchev–Trinajstić information content (AvgIpc) is 2.81. The highest BCUT2D eigenvalue weighted by Crippen LogP contribution is 2.44. The Kier molecular flexibility index (Phi) is 9.84. The Morgan fingerprint density at radius 2 is 2.03 bits per heavy atom. The quantitative estimate of drug-likeness (QED) is 0.212. The van der Waals surface area contributed by atoms with Crippen molar-refractivity contribution < 1.29 is 28.2 Å². The maximum absolute atomic E-state index is 15.5. The van der Waals surface area contributed by atoms with E-state index < -0.39 is 41.3 Å². The highest BCUT2D eigenvalue weighted by molar-refractivity contribution is 9.10. The lowest BCUT2D eigenvalue weighted by Crippen LogP contribution is -2.59. The van der Waals surface area contributed by atoms with Crippen molar-refractivity contribution in [3.8, 4) is 0 Å². The summed E-state index contributed by atoms with van der Waals surface area (Å²) in [6, 6.07) is 1.61.